The molecule has 6 heteroatoms. The number of benzene rings is 1. The minimum Gasteiger partial charge on any atom is -0.346 e. The number of hydrogen-bond donors (Lipinski definition) is 1. The Morgan fingerprint density at radius 2 is 1.96 bits per heavy atom. The first-order chi connectivity index (χ1) is 12.5. The Morgan fingerprint density at radius 1 is 1.15 bits per heavy atom. The molecule has 1 aromatic carbocycles. The van der Waals surface area contributed by atoms with Crippen molar-refractivity contribution in [1.82, 2.24) is 14.9 Å². The van der Waals surface area contributed by atoms with E-state index in [9.17, 15) is 8.42 Å². The average molecular weight is 369 g/mol. The van der Waals surface area contributed by atoms with E-state index in [-0.39, 0.29) is 11.5 Å². The number of aromatic nitrogens is 2. The summed E-state index contributed by atoms with van der Waals surface area (Å²) in [5.41, 5.74) is 5.66. The molecule has 1 fully saturated rings. The zero-order chi connectivity index (χ0) is 18.1. The molecule has 0 atom stereocenters. The van der Waals surface area contributed by atoms with Crippen molar-refractivity contribution in [1.29, 1.82) is 0 Å². The minimum absolute atomic E-state index is 0.264. The van der Waals surface area contributed by atoms with Crippen molar-refractivity contribution < 1.29 is 8.42 Å². The van der Waals surface area contributed by atoms with Gasteiger partial charge in [0, 0.05) is 43.0 Å². The Hall–Kier alpha value is -2.18. The highest BCUT2D eigenvalue weighted by Crippen LogP contribution is 2.26. The van der Waals surface area contributed by atoms with Gasteiger partial charge in [0.05, 0.1) is 11.5 Å². The smallest absolute Gasteiger partial charge is 0.152 e. The van der Waals surface area contributed by atoms with Gasteiger partial charge >= 0.3 is 0 Å². The van der Waals surface area contributed by atoms with E-state index in [4.69, 9.17) is 0 Å². The predicted molar refractivity (Wildman–Crippen MR) is 105 cm³/mol. The summed E-state index contributed by atoms with van der Waals surface area (Å²) < 4.78 is 23.2. The van der Waals surface area contributed by atoms with Gasteiger partial charge < -0.3 is 4.98 Å². The SMILES string of the molecule is CCc1c[nH]c2ncc(-c3cccc(CN4CCS(=O)(=O)CC4)c3)cc12. The fourth-order valence-electron chi connectivity index (χ4n) is 3.52. The van der Waals surface area contributed by atoms with Crippen LogP contribution in [0.4, 0.5) is 0 Å². The first-order valence-electron chi connectivity index (χ1n) is 9.02. The molecule has 1 N–H and O–H groups in total. The fraction of sp³-hybridized carbons (Fsp3) is 0.350. The van der Waals surface area contributed by atoms with E-state index in [2.05, 4.69) is 52.1 Å². The van der Waals surface area contributed by atoms with Gasteiger partial charge in [-0.1, -0.05) is 25.1 Å². The lowest BCUT2D eigenvalue weighted by molar-refractivity contribution is 0.288. The van der Waals surface area contributed by atoms with E-state index in [0.717, 1.165) is 29.7 Å². The van der Waals surface area contributed by atoms with Crippen molar-refractivity contribution in [2.45, 2.75) is 19.9 Å². The summed E-state index contributed by atoms with van der Waals surface area (Å²) in [5.74, 6) is 0.529. The van der Waals surface area contributed by atoms with Crippen LogP contribution in [0.5, 0.6) is 0 Å². The molecule has 1 aliphatic heterocycles. The van der Waals surface area contributed by atoms with Crippen molar-refractivity contribution >= 4 is 20.9 Å². The summed E-state index contributed by atoms with van der Waals surface area (Å²) in [4.78, 5) is 9.99. The molecule has 0 amide bonds. The number of rotatable bonds is 4. The van der Waals surface area contributed by atoms with E-state index >= 15 is 0 Å². The molecule has 26 heavy (non-hydrogen) atoms. The van der Waals surface area contributed by atoms with Gasteiger partial charge in [0.1, 0.15) is 5.65 Å². The van der Waals surface area contributed by atoms with Gasteiger partial charge in [-0.15, -0.1) is 0 Å². The topological polar surface area (TPSA) is 66.1 Å². The minimum atomic E-state index is -2.83. The molecule has 0 saturated carbocycles. The number of aromatic amines is 1. The average Bonchev–Trinajstić information content (AvgIpc) is 3.06. The van der Waals surface area contributed by atoms with Crippen LogP contribution in [0, 0.1) is 0 Å². The molecule has 0 unspecified atom stereocenters. The number of fused-ring (bicyclic) bond motifs is 1. The van der Waals surface area contributed by atoms with E-state index in [1.54, 1.807) is 0 Å². The van der Waals surface area contributed by atoms with Gasteiger partial charge in [0.2, 0.25) is 0 Å². The molecule has 3 heterocycles. The summed E-state index contributed by atoms with van der Waals surface area (Å²) >= 11 is 0. The quantitative estimate of drug-likeness (QED) is 0.768. The standard InChI is InChI=1S/C20H23N3O2S/c1-2-16-12-21-20-19(16)11-18(13-22-20)17-5-3-4-15(10-17)14-23-6-8-26(24,25)9-7-23/h3-5,10-13H,2,6-9,14H2,1H3,(H,21,22). The number of H-pyrrole nitrogens is 1. The third-order valence-electron chi connectivity index (χ3n) is 5.10. The summed E-state index contributed by atoms with van der Waals surface area (Å²) in [6.07, 6.45) is 4.91. The van der Waals surface area contributed by atoms with Gasteiger partial charge in [-0.2, -0.15) is 0 Å². The molecule has 4 rings (SSSR count). The van der Waals surface area contributed by atoms with Crippen LogP contribution >= 0.6 is 0 Å². The highest BCUT2D eigenvalue weighted by Gasteiger charge is 2.21. The second kappa shape index (κ2) is 6.85. The van der Waals surface area contributed by atoms with Crippen molar-refractivity contribution in [3.63, 3.8) is 0 Å². The van der Waals surface area contributed by atoms with Crippen LogP contribution in [0.1, 0.15) is 18.1 Å². The number of hydrogen-bond acceptors (Lipinski definition) is 4. The predicted octanol–water partition coefficient (Wildman–Crippen LogP) is 3.02. The van der Waals surface area contributed by atoms with Crippen LogP contribution in [-0.2, 0) is 22.8 Å². The van der Waals surface area contributed by atoms with Gasteiger partial charge in [-0.3, -0.25) is 4.90 Å². The lowest BCUT2D eigenvalue weighted by atomic mass is 10.0. The third kappa shape index (κ3) is 3.52. The molecule has 0 radical (unpaired) electrons. The fourth-order valence-corrected chi connectivity index (χ4v) is 4.80. The molecule has 0 aliphatic carbocycles. The van der Waals surface area contributed by atoms with E-state index in [1.165, 1.54) is 16.5 Å². The van der Waals surface area contributed by atoms with Gasteiger partial charge in [0.15, 0.2) is 9.84 Å². The Labute approximate surface area is 154 Å². The lowest BCUT2D eigenvalue weighted by Gasteiger charge is -2.26. The van der Waals surface area contributed by atoms with Gasteiger partial charge in [-0.25, -0.2) is 13.4 Å². The molecule has 1 saturated heterocycles. The van der Waals surface area contributed by atoms with E-state index in [1.807, 2.05) is 12.4 Å². The van der Waals surface area contributed by atoms with Crippen molar-refractivity contribution in [2.24, 2.45) is 0 Å². The van der Waals surface area contributed by atoms with Crippen molar-refractivity contribution in [3.05, 3.63) is 53.9 Å². The molecular formula is C20H23N3O2S. The first-order valence-corrected chi connectivity index (χ1v) is 10.8. The zero-order valence-electron chi connectivity index (χ0n) is 14.9. The molecule has 1 aliphatic rings. The molecule has 136 valence electrons. The highest BCUT2D eigenvalue weighted by atomic mass is 32.2. The van der Waals surface area contributed by atoms with Crippen molar-refractivity contribution in [3.8, 4) is 11.1 Å². The van der Waals surface area contributed by atoms with Crippen molar-refractivity contribution in [2.75, 3.05) is 24.6 Å². The van der Waals surface area contributed by atoms with Crippen LogP contribution in [-0.4, -0.2) is 47.9 Å². The zero-order valence-corrected chi connectivity index (χ0v) is 15.7. The Balaban J connectivity index is 1.58. The van der Waals surface area contributed by atoms with Gasteiger partial charge in [-0.05, 0) is 35.2 Å². The molecule has 3 aromatic rings. The van der Waals surface area contributed by atoms with Crippen LogP contribution in [0.2, 0.25) is 0 Å². The molecule has 0 spiro atoms. The molecule has 2 aromatic heterocycles. The second-order valence-electron chi connectivity index (χ2n) is 6.92. The number of nitrogens with one attached hydrogen (secondary N) is 1. The summed E-state index contributed by atoms with van der Waals surface area (Å²) in [5, 5.41) is 1.18. The van der Waals surface area contributed by atoms with Gasteiger partial charge in [0.25, 0.3) is 0 Å². The Kier molecular flexibility index (Phi) is 4.54. The summed E-state index contributed by atoms with van der Waals surface area (Å²) in [6.45, 7) is 4.16. The van der Waals surface area contributed by atoms with E-state index in [0.29, 0.717) is 13.1 Å². The normalized spacial score (nSPS) is 17.6. The molecule has 0 bridgehead atoms. The maximum Gasteiger partial charge on any atom is 0.152 e. The van der Waals surface area contributed by atoms with Crippen LogP contribution in [0.3, 0.4) is 0 Å². The van der Waals surface area contributed by atoms with Crippen LogP contribution in [0.15, 0.2) is 42.7 Å². The maximum absolute atomic E-state index is 11.6. The van der Waals surface area contributed by atoms with E-state index < -0.39 is 9.84 Å². The summed E-state index contributed by atoms with van der Waals surface area (Å²) in [7, 11) is -2.83. The third-order valence-corrected chi connectivity index (χ3v) is 6.71. The largest absolute Gasteiger partial charge is 0.346 e. The molecule has 5 nitrogen and oxygen atoms in total. The molecular weight excluding hydrogens is 346 g/mol. The number of aryl methyl sites for hydroxylation is 1. The van der Waals surface area contributed by atoms with Crippen LogP contribution in [0.25, 0.3) is 22.2 Å². The highest BCUT2D eigenvalue weighted by molar-refractivity contribution is 7.91. The lowest BCUT2D eigenvalue weighted by Crippen LogP contribution is -2.39. The number of nitrogens with zero attached hydrogens (tertiary/aromatic N) is 2. The maximum atomic E-state index is 11.6. The Morgan fingerprint density at radius 3 is 2.73 bits per heavy atom. The van der Waals surface area contributed by atoms with Crippen LogP contribution < -0.4 is 0 Å². The summed E-state index contributed by atoms with van der Waals surface area (Å²) in [6, 6.07) is 10.7. The second-order valence-corrected chi connectivity index (χ2v) is 9.22. The Bertz CT molecular complexity index is 1030. The number of pyridine rings is 1. The monoisotopic (exact) mass is 369 g/mol. The first kappa shape index (κ1) is 17.2. The number of sulfone groups is 1.